The summed E-state index contributed by atoms with van der Waals surface area (Å²) in [5.74, 6) is 1.67. The van der Waals surface area contributed by atoms with Crippen molar-refractivity contribution in [3.8, 4) is 12.1 Å². The fourth-order valence-electron chi connectivity index (χ4n) is 2.88. The predicted octanol–water partition coefficient (Wildman–Crippen LogP) is 1.06. The third-order valence-corrected chi connectivity index (χ3v) is 4.34. The van der Waals surface area contributed by atoms with Crippen LogP contribution < -0.4 is 9.80 Å². The third kappa shape index (κ3) is 3.98. The molecule has 0 radical (unpaired) electrons. The highest BCUT2D eigenvalue weighted by Gasteiger charge is 2.26. The minimum Gasteiger partial charge on any atom is -0.360 e. The molecule has 2 atom stereocenters. The first-order valence-corrected chi connectivity index (χ1v) is 8.52. The zero-order chi connectivity index (χ0) is 17.8. The van der Waals surface area contributed by atoms with E-state index in [1.807, 2.05) is 11.0 Å². The summed E-state index contributed by atoms with van der Waals surface area (Å²) in [5, 5.41) is 18.2. The number of morpholine rings is 2. The Morgan fingerprint density at radius 2 is 1.64 bits per heavy atom. The van der Waals surface area contributed by atoms with E-state index in [1.54, 1.807) is 0 Å². The molecular weight excluding hydrogens is 320 g/mol. The molecule has 0 amide bonds. The minimum atomic E-state index is -0.463. The number of nitriles is 2. The highest BCUT2D eigenvalue weighted by atomic mass is 16.5. The Kier molecular flexibility index (Phi) is 5.32. The van der Waals surface area contributed by atoms with Crippen LogP contribution in [0.15, 0.2) is 6.07 Å². The van der Waals surface area contributed by atoms with Crippen molar-refractivity contribution in [2.45, 2.75) is 32.0 Å². The molecule has 1 aromatic rings. The topological polar surface area (TPSA) is 98.3 Å². The molecule has 0 bridgehead atoms. The lowest BCUT2D eigenvalue weighted by molar-refractivity contribution is 0.0752. The molecule has 0 spiro atoms. The van der Waals surface area contributed by atoms with Crippen molar-refractivity contribution in [3.05, 3.63) is 11.8 Å². The van der Waals surface area contributed by atoms with Crippen LogP contribution in [0, 0.1) is 22.7 Å². The smallest absolute Gasteiger partial charge is 0.227 e. The van der Waals surface area contributed by atoms with E-state index < -0.39 is 12.2 Å². The number of nitrogens with zero attached hydrogens (tertiary/aromatic N) is 6. The molecule has 25 heavy (non-hydrogen) atoms. The number of hydrogen-bond acceptors (Lipinski definition) is 8. The molecule has 2 saturated heterocycles. The third-order valence-electron chi connectivity index (χ3n) is 4.34. The van der Waals surface area contributed by atoms with Crippen LogP contribution in [0.2, 0.25) is 0 Å². The van der Waals surface area contributed by atoms with Gasteiger partial charge in [-0.25, -0.2) is 4.98 Å². The van der Waals surface area contributed by atoms with Crippen molar-refractivity contribution in [2.75, 3.05) is 49.2 Å². The molecule has 3 heterocycles. The normalized spacial score (nSPS) is 24.0. The van der Waals surface area contributed by atoms with Gasteiger partial charge >= 0.3 is 0 Å². The summed E-state index contributed by atoms with van der Waals surface area (Å²) in [6.07, 6.45) is -0.907. The zero-order valence-corrected chi connectivity index (χ0v) is 14.6. The van der Waals surface area contributed by atoms with Crippen molar-refractivity contribution in [1.82, 2.24) is 9.97 Å². The molecule has 8 heteroatoms. The standard InChI is InChI=1S/C17H22N6O2/c1-12(2)15-7-16(22-3-5-24-13(8-18)10-22)21-17(20-15)23-4-6-25-14(9-19)11-23/h7,12-14H,3-6,10-11H2,1-2H3. The molecule has 1 aromatic heterocycles. The molecule has 0 aromatic carbocycles. The summed E-state index contributed by atoms with van der Waals surface area (Å²) in [4.78, 5) is 13.5. The van der Waals surface area contributed by atoms with Gasteiger partial charge in [-0.2, -0.15) is 15.5 Å². The Hall–Kier alpha value is -2.42. The largest absolute Gasteiger partial charge is 0.360 e. The van der Waals surface area contributed by atoms with Gasteiger partial charge in [0, 0.05) is 19.2 Å². The summed E-state index contributed by atoms with van der Waals surface area (Å²) in [6, 6.07) is 6.29. The Labute approximate surface area is 147 Å². The maximum atomic E-state index is 9.13. The van der Waals surface area contributed by atoms with Gasteiger partial charge in [0.15, 0.2) is 12.2 Å². The van der Waals surface area contributed by atoms with Gasteiger partial charge in [-0.15, -0.1) is 0 Å². The van der Waals surface area contributed by atoms with Crippen LogP contribution in [0.5, 0.6) is 0 Å². The van der Waals surface area contributed by atoms with Crippen LogP contribution in [0.4, 0.5) is 11.8 Å². The average Bonchev–Trinajstić information content (AvgIpc) is 2.67. The minimum absolute atomic E-state index is 0.251. The van der Waals surface area contributed by atoms with E-state index in [-0.39, 0.29) is 5.92 Å². The fourth-order valence-corrected chi connectivity index (χ4v) is 2.88. The van der Waals surface area contributed by atoms with Crippen molar-refractivity contribution < 1.29 is 9.47 Å². The first kappa shape index (κ1) is 17.4. The Morgan fingerprint density at radius 1 is 1.04 bits per heavy atom. The van der Waals surface area contributed by atoms with E-state index in [9.17, 15) is 0 Å². The van der Waals surface area contributed by atoms with Gasteiger partial charge in [0.1, 0.15) is 5.82 Å². The highest BCUT2D eigenvalue weighted by molar-refractivity contribution is 5.48. The van der Waals surface area contributed by atoms with Gasteiger partial charge in [0.2, 0.25) is 5.95 Å². The second-order valence-corrected chi connectivity index (χ2v) is 6.47. The Morgan fingerprint density at radius 3 is 2.24 bits per heavy atom. The molecule has 3 rings (SSSR count). The van der Waals surface area contributed by atoms with Crippen molar-refractivity contribution in [3.63, 3.8) is 0 Å². The lowest BCUT2D eigenvalue weighted by Gasteiger charge is -2.33. The van der Waals surface area contributed by atoms with Gasteiger partial charge in [0.05, 0.1) is 44.1 Å². The number of rotatable bonds is 3. The monoisotopic (exact) mass is 342 g/mol. The lowest BCUT2D eigenvalue weighted by atomic mass is 10.1. The summed E-state index contributed by atoms with van der Waals surface area (Å²) in [5.41, 5.74) is 0.944. The van der Waals surface area contributed by atoms with Crippen molar-refractivity contribution >= 4 is 11.8 Å². The maximum absolute atomic E-state index is 9.13. The first-order valence-electron chi connectivity index (χ1n) is 8.52. The predicted molar refractivity (Wildman–Crippen MR) is 91.3 cm³/mol. The second-order valence-electron chi connectivity index (χ2n) is 6.47. The van der Waals surface area contributed by atoms with Crippen LogP contribution in [0.3, 0.4) is 0 Å². The number of aromatic nitrogens is 2. The molecule has 8 nitrogen and oxygen atoms in total. The number of hydrogen-bond donors (Lipinski definition) is 0. The van der Waals surface area contributed by atoms with Crippen LogP contribution in [0.1, 0.15) is 25.5 Å². The van der Waals surface area contributed by atoms with E-state index in [4.69, 9.17) is 25.0 Å². The van der Waals surface area contributed by atoms with E-state index in [0.29, 0.717) is 45.3 Å². The molecule has 132 valence electrons. The molecule has 2 unspecified atom stereocenters. The van der Waals surface area contributed by atoms with E-state index >= 15 is 0 Å². The molecule has 2 fully saturated rings. The van der Waals surface area contributed by atoms with Gasteiger partial charge in [-0.05, 0) is 5.92 Å². The molecule has 0 aliphatic carbocycles. The Balaban J connectivity index is 1.90. The SMILES string of the molecule is CC(C)c1cc(N2CCOC(C#N)C2)nc(N2CCOC(C#N)C2)n1. The summed E-state index contributed by atoms with van der Waals surface area (Å²) >= 11 is 0. The van der Waals surface area contributed by atoms with E-state index in [1.165, 1.54) is 0 Å². The summed E-state index contributed by atoms with van der Waals surface area (Å²) in [6.45, 7) is 7.46. The lowest BCUT2D eigenvalue weighted by Crippen LogP contribution is -2.44. The molecule has 0 N–H and O–H groups in total. The van der Waals surface area contributed by atoms with Gasteiger partial charge in [-0.3, -0.25) is 0 Å². The summed E-state index contributed by atoms with van der Waals surface area (Å²) < 4.78 is 10.8. The van der Waals surface area contributed by atoms with Crippen LogP contribution in [0.25, 0.3) is 0 Å². The molecule has 2 aliphatic rings. The number of ether oxygens (including phenoxy) is 2. The van der Waals surface area contributed by atoms with E-state index in [0.717, 1.165) is 11.5 Å². The van der Waals surface area contributed by atoms with Gasteiger partial charge in [0.25, 0.3) is 0 Å². The molecule has 2 aliphatic heterocycles. The van der Waals surface area contributed by atoms with Crippen LogP contribution in [-0.2, 0) is 9.47 Å². The fraction of sp³-hybridized carbons (Fsp3) is 0.647. The number of anilines is 2. The molecular formula is C17H22N6O2. The Bertz CT molecular complexity index is 643. The highest BCUT2D eigenvalue weighted by Crippen LogP contribution is 2.24. The maximum Gasteiger partial charge on any atom is 0.227 e. The van der Waals surface area contributed by atoms with Gasteiger partial charge < -0.3 is 19.3 Å². The van der Waals surface area contributed by atoms with Gasteiger partial charge in [-0.1, -0.05) is 13.8 Å². The molecule has 0 saturated carbocycles. The van der Waals surface area contributed by atoms with E-state index in [2.05, 4.69) is 35.9 Å². The quantitative estimate of drug-likeness (QED) is 0.804. The summed E-state index contributed by atoms with van der Waals surface area (Å²) in [7, 11) is 0. The second kappa shape index (κ2) is 7.64. The average molecular weight is 342 g/mol. The van der Waals surface area contributed by atoms with Crippen molar-refractivity contribution in [2.24, 2.45) is 0 Å². The van der Waals surface area contributed by atoms with Crippen molar-refractivity contribution in [1.29, 1.82) is 10.5 Å². The zero-order valence-electron chi connectivity index (χ0n) is 14.6. The van der Waals surface area contributed by atoms with Crippen LogP contribution in [-0.4, -0.2) is 61.6 Å². The van der Waals surface area contributed by atoms with Crippen LogP contribution >= 0.6 is 0 Å². The first-order chi connectivity index (χ1) is 12.1.